The zero-order chi connectivity index (χ0) is 11.8. The second kappa shape index (κ2) is 7.66. The number of hydrogen-bond donors (Lipinski definition) is 0. The molecule has 1 radical (unpaired) electrons. The number of nitrogens with zero attached hydrogens (tertiary/aromatic N) is 1. The Kier molecular flexibility index (Phi) is 6.46. The monoisotopic (exact) mass is 226 g/mol. The van der Waals surface area contributed by atoms with E-state index < -0.39 is 0 Å². The minimum Gasteiger partial charge on any atom is -0.462 e. The van der Waals surface area contributed by atoms with Crippen LogP contribution in [0.5, 0.6) is 0 Å². The highest BCUT2D eigenvalue weighted by molar-refractivity contribution is 5.69. The lowest BCUT2D eigenvalue weighted by Crippen LogP contribution is -2.33. The van der Waals surface area contributed by atoms with Crippen molar-refractivity contribution >= 4 is 5.97 Å². The van der Waals surface area contributed by atoms with Gasteiger partial charge >= 0.3 is 5.97 Å². The fraction of sp³-hybridized carbons (Fsp3) is 0.923. The van der Waals surface area contributed by atoms with Crippen molar-refractivity contribution < 1.29 is 9.53 Å². The summed E-state index contributed by atoms with van der Waals surface area (Å²) in [5.74, 6) is -0.0508. The third kappa shape index (κ3) is 4.97. The summed E-state index contributed by atoms with van der Waals surface area (Å²) in [6, 6.07) is 0.424. The summed E-state index contributed by atoms with van der Waals surface area (Å²) < 4.78 is 5.44. The highest BCUT2D eigenvalue weighted by Crippen LogP contribution is 2.17. The Labute approximate surface area is 98.9 Å². The number of carbonyl (C=O) groups excluding carboxylic acids is 1. The largest absolute Gasteiger partial charge is 0.462 e. The Morgan fingerprint density at radius 2 is 2.25 bits per heavy atom. The van der Waals surface area contributed by atoms with Crippen LogP contribution < -0.4 is 5.32 Å². The molecule has 2 unspecified atom stereocenters. The Balaban J connectivity index is 2.27. The first kappa shape index (κ1) is 13.5. The van der Waals surface area contributed by atoms with Crippen LogP contribution in [0.4, 0.5) is 0 Å². The highest BCUT2D eigenvalue weighted by Gasteiger charge is 2.20. The van der Waals surface area contributed by atoms with Gasteiger partial charge in [-0.25, -0.2) is 5.32 Å². The number of piperidine rings is 1. The third-order valence-corrected chi connectivity index (χ3v) is 3.08. The van der Waals surface area contributed by atoms with E-state index in [9.17, 15) is 4.79 Å². The summed E-state index contributed by atoms with van der Waals surface area (Å²) >= 11 is 0. The van der Waals surface area contributed by atoms with E-state index in [0.717, 1.165) is 25.8 Å². The summed E-state index contributed by atoms with van der Waals surface area (Å²) in [4.78, 5) is 11.4. The maximum atomic E-state index is 11.4. The molecule has 93 valence electrons. The number of ether oxygens (including phenoxy) is 1. The van der Waals surface area contributed by atoms with Crippen molar-refractivity contribution in [1.29, 1.82) is 0 Å². The van der Waals surface area contributed by atoms with Crippen LogP contribution in [0.1, 0.15) is 58.8 Å². The molecule has 3 heteroatoms. The first-order valence-electron chi connectivity index (χ1n) is 6.62. The average molecular weight is 226 g/mol. The van der Waals surface area contributed by atoms with Gasteiger partial charge < -0.3 is 4.74 Å². The van der Waals surface area contributed by atoms with Gasteiger partial charge in [0.15, 0.2) is 0 Å². The van der Waals surface area contributed by atoms with E-state index in [1.165, 1.54) is 19.3 Å². The second-order valence-corrected chi connectivity index (χ2v) is 4.56. The van der Waals surface area contributed by atoms with E-state index in [2.05, 4.69) is 12.2 Å². The summed E-state index contributed by atoms with van der Waals surface area (Å²) in [6.07, 6.45) is 6.97. The fourth-order valence-electron chi connectivity index (χ4n) is 2.10. The Hall–Kier alpha value is -0.570. The second-order valence-electron chi connectivity index (χ2n) is 4.56. The van der Waals surface area contributed by atoms with Gasteiger partial charge in [-0.2, -0.15) is 0 Å². The van der Waals surface area contributed by atoms with Crippen LogP contribution in [0, 0.1) is 0 Å². The minimum absolute atomic E-state index is 0.0508. The van der Waals surface area contributed by atoms with E-state index >= 15 is 0 Å². The van der Waals surface area contributed by atoms with Crippen molar-refractivity contribution in [1.82, 2.24) is 5.32 Å². The molecule has 1 aliphatic rings. The van der Waals surface area contributed by atoms with Crippen LogP contribution in [0.2, 0.25) is 0 Å². The molecular weight excluding hydrogens is 202 g/mol. The zero-order valence-electron chi connectivity index (χ0n) is 10.6. The van der Waals surface area contributed by atoms with Crippen LogP contribution >= 0.6 is 0 Å². The van der Waals surface area contributed by atoms with E-state index in [-0.39, 0.29) is 12.1 Å². The van der Waals surface area contributed by atoms with Crippen LogP contribution in [-0.4, -0.2) is 24.7 Å². The molecule has 0 aromatic heterocycles. The quantitative estimate of drug-likeness (QED) is 0.653. The van der Waals surface area contributed by atoms with Gasteiger partial charge in [-0.15, -0.1) is 0 Å². The molecule has 2 atom stereocenters. The van der Waals surface area contributed by atoms with Gasteiger partial charge in [0.05, 0.1) is 0 Å². The minimum atomic E-state index is -0.0508. The number of carbonyl (C=O) groups is 1. The third-order valence-electron chi connectivity index (χ3n) is 3.08. The van der Waals surface area contributed by atoms with Crippen LogP contribution in [-0.2, 0) is 9.53 Å². The number of hydrogen-bond acceptors (Lipinski definition) is 2. The first-order valence-corrected chi connectivity index (χ1v) is 6.62. The van der Waals surface area contributed by atoms with Gasteiger partial charge in [0.2, 0.25) is 0 Å². The van der Waals surface area contributed by atoms with Crippen molar-refractivity contribution in [2.24, 2.45) is 0 Å². The van der Waals surface area contributed by atoms with Crippen molar-refractivity contribution in [2.75, 3.05) is 6.54 Å². The maximum Gasteiger partial charge on any atom is 0.306 e. The predicted octanol–water partition coefficient (Wildman–Crippen LogP) is 2.66. The van der Waals surface area contributed by atoms with Crippen molar-refractivity contribution in [3.05, 3.63) is 0 Å². The Morgan fingerprint density at radius 1 is 1.44 bits per heavy atom. The summed E-state index contributed by atoms with van der Waals surface area (Å²) in [5, 5.41) is 4.58. The van der Waals surface area contributed by atoms with Crippen LogP contribution in [0.15, 0.2) is 0 Å². The lowest BCUT2D eigenvalue weighted by atomic mass is 9.98. The van der Waals surface area contributed by atoms with Gasteiger partial charge in [-0.05, 0) is 25.7 Å². The number of rotatable bonds is 6. The molecule has 0 saturated carbocycles. The molecule has 1 saturated heterocycles. The molecule has 0 spiro atoms. The van der Waals surface area contributed by atoms with E-state index in [1.807, 2.05) is 6.92 Å². The topological polar surface area (TPSA) is 40.4 Å². The number of esters is 1. The van der Waals surface area contributed by atoms with Crippen LogP contribution in [0.25, 0.3) is 0 Å². The first-order chi connectivity index (χ1) is 7.76. The molecule has 0 aliphatic carbocycles. The standard InChI is InChI=1S/C13H24NO2/c1-3-7-13(15)16-12(4-2)10-11-8-5-6-9-14-11/h11-12H,3-10H2,1-2H3. The molecule has 1 rings (SSSR count). The summed E-state index contributed by atoms with van der Waals surface area (Å²) in [5.41, 5.74) is 0. The van der Waals surface area contributed by atoms with Crippen molar-refractivity contribution in [3.8, 4) is 0 Å². The maximum absolute atomic E-state index is 11.4. The van der Waals surface area contributed by atoms with Gasteiger partial charge in [0, 0.05) is 25.4 Å². The molecular formula is C13H24NO2. The lowest BCUT2D eigenvalue weighted by Gasteiger charge is -2.25. The van der Waals surface area contributed by atoms with Crippen molar-refractivity contribution in [2.45, 2.75) is 70.9 Å². The summed E-state index contributed by atoms with van der Waals surface area (Å²) in [7, 11) is 0. The molecule has 1 fully saturated rings. The average Bonchev–Trinajstić information content (AvgIpc) is 2.30. The van der Waals surface area contributed by atoms with E-state index in [1.54, 1.807) is 0 Å². The van der Waals surface area contributed by atoms with Gasteiger partial charge in [0.1, 0.15) is 6.10 Å². The molecule has 0 N–H and O–H groups in total. The molecule has 1 heterocycles. The molecule has 1 aliphatic heterocycles. The molecule has 3 nitrogen and oxygen atoms in total. The van der Waals surface area contributed by atoms with Gasteiger partial charge in [-0.3, -0.25) is 4.79 Å². The van der Waals surface area contributed by atoms with Gasteiger partial charge in [0.25, 0.3) is 0 Å². The highest BCUT2D eigenvalue weighted by atomic mass is 16.5. The van der Waals surface area contributed by atoms with E-state index in [0.29, 0.717) is 12.5 Å². The molecule has 0 bridgehead atoms. The Morgan fingerprint density at radius 3 is 2.81 bits per heavy atom. The van der Waals surface area contributed by atoms with Gasteiger partial charge in [-0.1, -0.05) is 20.3 Å². The molecule has 0 amide bonds. The summed E-state index contributed by atoms with van der Waals surface area (Å²) in [6.45, 7) is 5.06. The molecule has 0 aromatic carbocycles. The Bertz CT molecular complexity index is 200. The SMILES string of the molecule is CCCC(=O)OC(CC)CC1CCCC[N]1. The smallest absolute Gasteiger partial charge is 0.306 e. The lowest BCUT2D eigenvalue weighted by molar-refractivity contribution is -0.149. The van der Waals surface area contributed by atoms with E-state index in [4.69, 9.17) is 4.74 Å². The fourth-order valence-corrected chi connectivity index (χ4v) is 2.10. The zero-order valence-corrected chi connectivity index (χ0v) is 10.6. The van der Waals surface area contributed by atoms with Crippen LogP contribution in [0.3, 0.4) is 0 Å². The molecule has 0 aromatic rings. The normalized spacial score (nSPS) is 22.8. The van der Waals surface area contributed by atoms with Crippen molar-refractivity contribution in [3.63, 3.8) is 0 Å². The molecule has 16 heavy (non-hydrogen) atoms. The predicted molar refractivity (Wildman–Crippen MR) is 64.3 cm³/mol.